The van der Waals surface area contributed by atoms with Crippen LogP contribution in [-0.4, -0.2) is 29.0 Å². The molecule has 1 heterocycles. The molecule has 0 unspecified atom stereocenters. The van der Waals surface area contributed by atoms with Gasteiger partial charge in [-0.2, -0.15) is 0 Å². The summed E-state index contributed by atoms with van der Waals surface area (Å²) in [5.74, 6) is 0. The molecule has 22 heavy (non-hydrogen) atoms. The van der Waals surface area contributed by atoms with Gasteiger partial charge >= 0.3 is 140 Å². The topological polar surface area (TPSA) is 0 Å². The molecule has 0 spiro atoms. The Morgan fingerprint density at radius 2 is 0.727 bits per heavy atom. The third-order valence-electron chi connectivity index (χ3n) is 4.10. The fraction of sp³-hybridized carbons (Fsp3) is 0. The number of hydrogen-bond donors (Lipinski definition) is 0. The molecule has 0 fully saturated rings. The molecule has 5 rings (SSSR count). The molecule has 4 aromatic carbocycles. The summed E-state index contributed by atoms with van der Waals surface area (Å²) in [6, 6.07) is 27.2. The van der Waals surface area contributed by atoms with E-state index in [2.05, 4.69) is 72.8 Å². The van der Waals surface area contributed by atoms with Gasteiger partial charge in [-0.1, -0.05) is 0 Å². The first-order valence-electron chi connectivity index (χ1n) is 7.29. The first-order valence-corrected chi connectivity index (χ1v) is 10.7. The second-order valence-corrected chi connectivity index (χ2v) is 9.97. The van der Waals surface area contributed by atoms with Crippen molar-refractivity contribution in [3.8, 4) is 0 Å². The van der Waals surface area contributed by atoms with Gasteiger partial charge < -0.3 is 0 Å². The van der Waals surface area contributed by atoms with E-state index in [1.54, 1.807) is 0 Å². The van der Waals surface area contributed by atoms with Crippen LogP contribution in [0.1, 0.15) is 0 Å². The van der Waals surface area contributed by atoms with Crippen LogP contribution in [0.3, 0.4) is 0 Å². The third-order valence-corrected chi connectivity index (χ3v) is 8.80. The van der Waals surface area contributed by atoms with E-state index >= 15 is 0 Å². The molecule has 0 aliphatic carbocycles. The SMILES string of the molecule is c1cc2cccc3[se]c4cccc5cccc([se]c(c1)c23)c54. The van der Waals surface area contributed by atoms with E-state index in [1.807, 2.05) is 0 Å². The van der Waals surface area contributed by atoms with Crippen LogP contribution < -0.4 is 0 Å². The standard InChI is InChI=1S/C20H12Se2/c1-5-13-6-2-10-16-19(13)15(9-1)21-17-11-3-7-14-8-4-12-18(22-16)20(14)17/h1-12H. The molecule has 0 N–H and O–H groups in total. The molecule has 104 valence electrons. The molecular formula is C20H12Se2. The van der Waals surface area contributed by atoms with E-state index in [9.17, 15) is 0 Å². The third kappa shape index (κ3) is 1.89. The van der Waals surface area contributed by atoms with E-state index in [0.717, 1.165) is 0 Å². The number of rotatable bonds is 0. The normalized spacial score (nSPS) is 11.6. The molecule has 0 atom stereocenters. The van der Waals surface area contributed by atoms with E-state index in [1.165, 1.54) is 38.6 Å². The van der Waals surface area contributed by atoms with E-state index < -0.39 is 0 Å². The summed E-state index contributed by atoms with van der Waals surface area (Å²) < 4.78 is 6.13. The van der Waals surface area contributed by atoms with Crippen molar-refractivity contribution in [3.05, 3.63) is 72.8 Å². The molecule has 0 amide bonds. The molecule has 0 saturated heterocycles. The predicted molar refractivity (Wildman–Crippen MR) is 99.2 cm³/mol. The second kappa shape index (κ2) is 4.98. The van der Waals surface area contributed by atoms with Gasteiger partial charge in [0.25, 0.3) is 0 Å². The van der Waals surface area contributed by atoms with Gasteiger partial charge in [-0.15, -0.1) is 0 Å². The summed E-state index contributed by atoms with van der Waals surface area (Å²) in [5.41, 5.74) is 0. The van der Waals surface area contributed by atoms with Gasteiger partial charge in [0, 0.05) is 0 Å². The molecular weight excluding hydrogens is 398 g/mol. The predicted octanol–water partition coefficient (Wildman–Crippen LogP) is 4.98. The maximum atomic E-state index is 2.33. The van der Waals surface area contributed by atoms with Crippen molar-refractivity contribution in [2.24, 2.45) is 0 Å². The van der Waals surface area contributed by atoms with Crippen molar-refractivity contribution >= 4 is 67.6 Å². The summed E-state index contributed by atoms with van der Waals surface area (Å²) >= 11 is 0.726. The van der Waals surface area contributed by atoms with Crippen molar-refractivity contribution in [1.29, 1.82) is 0 Å². The average molecular weight is 410 g/mol. The number of benzene rings is 4. The zero-order chi connectivity index (χ0) is 14.5. The molecule has 0 radical (unpaired) electrons. The van der Waals surface area contributed by atoms with Crippen LogP contribution in [0.5, 0.6) is 0 Å². The Kier molecular flexibility index (Phi) is 2.93. The summed E-state index contributed by atoms with van der Waals surface area (Å²) in [5, 5.41) is 5.81. The van der Waals surface area contributed by atoms with Crippen molar-refractivity contribution in [3.63, 3.8) is 0 Å². The molecule has 1 aromatic heterocycles. The summed E-state index contributed by atoms with van der Waals surface area (Å²) in [6.45, 7) is 0. The maximum absolute atomic E-state index is 2.33. The van der Waals surface area contributed by atoms with Crippen molar-refractivity contribution in [1.82, 2.24) is 0 Å². The zero-order valence-corrected chi connectivity index (χ0v) is 15.2. The van der Waals surface area contributed by atoms with Crippen molar-refractivity contribution in [2.75, 3.05) is 0 Å². The van der Waals surface area contributed by atoms with Gasteiger partial charge in [0.15, 0.2) is 0 Å². The van der Waals surface area contributed by atoms with Gasteiger partial charge in [0.2, 0.25) is 0 Å². The first-order chi connectivity index (χ1) is 10.9. The van der Waals surface area contributed by atoms with E-state index in [0.29, 0.717) is 29.0 Å². The van der Waals surface area contributed by atoms with Gasteiger partial charge in [-0.3, -0.25) is 0 Å². The number of hydrogen-bond acceptors (Lipinski definition) is 0. The van der Waals surface area contributed by atoms with E-state index in [-0.39, 0.29) is 0 Å². The molecule has 0 bridgehead atoms. The fourth-order valence-corrected chi connectivity index (χ4v) is 8.77. The van der Waals surface area contributed by atoms with Crippen LogP contribution in [0.25, 0.3) is 38.6 Å². The van der Waals surface area contributed by atoms with Gasteiger partial charge in [0.1, 0.15) is 0 Å². The Morgan fingerprint density at radius 3 is 1.05 bits per heavy atom. The van der Waals surface area contributed by atoms with E-state index in [4.69, 9.17) is 0 Å². The zero-order valence-electron chi connectivity index (χ0n) is 11.7. The molecule has 0 saturated carbocycles. The molecule has 0 aliphatic heterocycles. The van der Waals surface area contributed by atoms with Crippen molar-refractivity contribution < 1.29 is 0 Å². The minimum atomic E-state index is 0.363. The second-order valence-electron chi connectivity index (χ2n) is 5.42. The monoisotopic (exact) mass is 412 g/mol. The van der Waals surface area contributed by atoms with Crippen molar-refractivity contribution in [2.45, 2.75) is 0 Å². The molecule has 0 aliphatic rings. The Bertz CT molecular complexity index is 999. The first kappa shape index (κ1) is 12.9. The Hall–Kier alpha value is -1.56. The van der Waals surface area contributed by atoms with Gasteiger partial charge in [-0.25, -0.2) is 0 Å². The van der Waals surface area contributed by atoms with Gasteiger partial charge in [0.05, 0.1) is 0 Å². The Morgan fingerprint density at radius 1 is 0.409 bits per heavy atom. The Balaban J connectivity index is 2.20. The quantitative estimate of drug-likeness (QED) is 0.316. The fourth-order valence-electron chi connectivity index (χ4n) is 3.12. The molecule has 0 nitrogen and oxygen atoms in total. The molecule has 2 heteroatoms. The van der Waals surface area contributed by atoms with Crippen LogP contribution in [-0.2, 0) is 0 Å². The van der Waals surface area contributed by atoms with Crippen LogP contribution in [0.2, 0.25) is 0 Å². The molecule has 5 aromatic rings. The van der Waals surface area contributed by atoms with Crippen LogP contribution in [0.15, 0.2) is 72.8 Å². The summed E-state index contributed by atoms with van der Waals surface area (Å²) in [7, 11) is 0. The average Bonchev–Trinajstić information content (AvgIpc) is 2.54. The Labute approximate surface area is 140 Å². The van der Waals surface area contributed by atoms with Crippen LogP contribution >= 0.6 is 0 Å². The van der Waals surface area contributed by atoms with Crippen LogP contribution in [0.4, 0.5) is 0 Å². The van der Waals surface area contributed by atoms with Gasteiger partial charge in [-0.05, 0) is 0 Å². The minimum absolute atomic E-state index is 0.363. The summed E-state index contributed by atoms with van der Waals surface area (Å²) in [6.07, 6.45) is 0. The summed E-state index contributed by atoms with van der Waals surface area (Å²) in [4.78, 5) is 0. The van der Waals surface area contributed by atoms with Crippen LogP contribution in [0, 0.1) is 0 Å².